The Morgan fingerprint density at radius 3 is 1.29 bits per heavy atom. The number of aliphatic carboxylic acids is 2. The second kappa shape index (κ2) is 10.8. The maximum Gasteiger partial charge on any atom is 0.453 e. The number of aromatic amines is 2. The van der Waals surface area contributed by atoms with Gasteiger partial charge in [-0.15, -0.1) is 0 Å². The van der Waals surface area contributed by atoms with Crippen molar-refractivity contribution < 1.29 is 47.8 Å². The van der Waals surface area contributed by atoms with Crippen molar-refractivity contribution in [2.45, 2.75) is 0 Å². The van der Waals surface area contributed by atoms with Crippen molar-refractivity contribution in [1.82, 2.24) is 0 Å². The molecule has 0 aromatic carbocycles. The number of pyridine rings is 2. The molecule has 0 radical (unpaired) electrons. The molecule has 0 aliphatic carbocycles. The van der Waals surface area contributed by atoms with Gasteiger partial charge in [-0.25, -0.2) is 9.95 Å². The fourth-order valence-corrected chi connectivity index (χ4v) is 0.989. The molecule has 10 heteroatoms. The average molecular weight is 340 g/mol. The highest BCUT2D eigenvalue weighted by Crippen LogP contribution is 1.90. The van der Waals surface area contributed by atoms with Crippen LogP contribution in [0.5, 0.6) is 0 Å². The first-order valence-electron chi connectivity index (χ1n) is 8.63. The fourth-order valence-electron chi connectivity index (χ4n) is 0.989. The molecule has 0 spiro atoms. The van der Waals surface area contributed by atoms with Crippen LogP contribution in [0.4, 0.5) is 0 Å². The average Bonchev–Trinajstić information content (AvgIpc) is 2.68. The van der Waals surface area contributed by atoms with Crippen molar-refractivity contribution in [3.63, 3.8) is 0 Å². The van der Waals surface area contributed by atoms with E-state index in [2.05, 4.69) is 0 Å². The Labute approximate surface area is 144 Å². The number of amides is 2. The summed E-state index contributed by atoms with van der Waals surface area (Å²) in [4.78, 5) is 41.8. The maximum atomic E-state index is 10.9. The number of carbonyl (C=O) groups excluding carboxylic acids is 4. The smallest absolute Gasteiger partial charge is 0.453 e. The Kier molecular flexibility index (Phi) is 5.29. The van der Waals surface area contributed by atoms with Gasteiger partial charge in [0.1, 0.15) is 0 Å². The van der Waals surface area contributed by atoms with Gasteiger partial charge in [0.2, 0.25) is 11.8 Å². The van der Waals surface area contributed by atoms with Gasteiger partial charge in [0.25, 0.3) is 0 Å². The van der Waals surface area contributed by atoms with Gasteiger partial charge >= 0.3 is 2.82 Å². The van der Waals surface area contributed by atoms with E-state index in [1.807, 2.05) is 0 Å². The monoisotopic (exact) mass is 340 g/mol. The first-order chi connectivity index (χ1) is 13.9. The van der Waals surface area contributed by atoms with Crippen LogP contribution < -0.4 is 31.6 Å². The number of carboxylic acids is 2. The predicted octanol–water partition coefficient (Wildman–Crippen LogP) is -4.31. The summed E-state index contributed by atoms with van der Waals surface area (Å²) in [5, 5.41) is 17.9. The van der Waals surface area contributed by atoms with Crippen molar-refractivity contribution in [2.75, 3.05) is 0 Å². The van der Waals surface area contributed by atoms with Crippen LogP contribution in [0.2, 0.25) is 8.47 Å². The maximum absolute atomic E-state index is 10.9. The van der Waals surface area contributed by atoms with Crippen molar-refractivity contribution >= 4 is 23.8 Å². The summed E-state index contributed by atoms with van der Waals surface area (Å²) in [6.07, 6.45) is 5.43. The quantitative estimate of drug-likeness (QED) is 0.518. The zero-order valence-corrected chi connectivity index (χ0v) is 11.9. The molecule has 2 amide bonds. The summed E-state index contributed by atoms with van der Waals surface area (Å²) in [6.45, 7) is 0. The molecule has 0 aliphatic heterocycles. The van der Waals surface area contributed by atoms with E-state index >= 15 is 0 Å². The van der Waals surface area contributed by atoms with E-state index in [1.54, 1.807) is 0 Å². The minimum Gasteiger partial charge on any atom is -0.543 e. The molecular formula is C14H14N4O6. The molecule has 0 aliphatic rings. The normalized spacial score (nSPS) is 11.7. The van der Waals surface area contributed by atoms with E-state index in [0.717, 1.165) is 9.95 Å². The van der Waals surface area contributed by atoms with Crippen LogP contribution in [0.15, 0.2) is 49.1 Å². The number of carboxylic acid groups (broad SMARTS) is 2. The fraction of sp³-hybridized carbons (Fsp3) is 0. The highest BCUT2D eigenvalue weighted by atomic mass is 16.4. The molecule has 10 nitrogen and oxygen atoms in total. The number of nitrogens with one attached hydrogen (secondary N) is 2. The molecule has 2 rings (SSSR count). The molecule has 0 saturated heterocycles. The molecule has 0 saturated carbocycles. The van der Waals surface area contributed by atoms with Crippen LogP contribution in [0.3, 0.4) is 0 Å². The summed E-state index contributed by atoms with van der Waals surface area (Å²) < 4.78 is 40.8. The lowest BCUT2D eigenvalue weighted by atomic mass is 10.3. The highest BCUT2D eigenvalue weighted by Gasteiger charge is 1.97. The summed E-state index contributed by atoms with van der Waals surface area (Å²) in [5.74, 6) is -5.80. The van der Waals surface area contributed by atoms with Crippen LogP contribution in [0.1, 0.15) is 20.7 Å². The first kappa shape index (κ1) is 11.7. The number of H-pyrrole nitrogens is 2. The van der Waals surface area contributed by atoms with Gasteiger partial charge in [-0.3, -0.25) is 9.59 Å². The standard InChI is InChI=1S/2C6H6N2O.C2H2O4/c2*7-6(9)5-1-3-8-4-2-5;3-1(4)2(5)6/h2*1-4H,(H2,7,9);(H,3,4)(H,5,6)/i/hD6. The van der Waals surface area contributed by atoms with Crippen molar-refractivity contribution in [1.29, 1.82) is 0 Å². The molecule has 0 bridgehead atoms. The lowest BCUT2D eigenvalue weighted by molar-refractivity contribution is -0.378. The van der Waals surface area contributed by atoms with Crippen LogP contribution in [-0.2, 0) is 9.59 Å². The van der Waals surface area contributed by atoms with Gasteiger partial charge < -0.3 is 31.2 Å². The minimum atomic E-state index is -2.19. The summed E-state index contributed by atoms with van der Waals surface area (Å²) in [6, 6.07) is 5.52. The van der Waals surface area contributed by atoms with Crippen LogP contribution >= 0.6 is 0 Å². The molecule has 0 fully saturated rings. The first-order valence-corrected chi connectivity index (χ1v) is 5.94. The van der Waals surface area contributed by atoms with Gasteiger partial charge in [-0.1, -0.05) is 0 Å². The van der Waals surface area contributed by atoms with Gasteiger partial charge in [0.05, 0.1) is 23.1 Å². The summed E-state index contributed by atoms with van der Waals surface area (Å²) in [7, 11) is 0. The number of carbonyl (C=O) groups is 4. The number of aromatic nitrogens is 2. The number of hydrogen-bond acceptors (Lipinski definition) is 6. The lowest BCUT2D eigenvalue weighted by Gasteiger charge is -1.97. The van der Waals surface area contributed by atoms with Gasteiger partial charge in [0.15, 0.2) is 30.4 Å². The molecular weight excluding hydrogens is 320 g/mol. The van der Waals surface area contributed by atoms with E-state index in [0.29, 0.717) is 0 Å². The minimum absolute atomic E-state index is 0.00359. The van der Waals surface area contributed by atoms with E-state index in [1.165, 1.54) is 49.1 Å². The second-order valence-electron chi connectivity index (χ2n) is 3.66. The Hall–Kier alpha value is -3.82. The third-order valence-corrected chi connectivity index (χ3v) is 2.02. The van der Waals surface area contributed by atoms with Crippen LogP contribution in [0.25, 0.3) is 0 Å². The Bertz CT molecular complexity index is 806. The van der Waals surface area contributed by atoms with Gasteiger partial charge in [0, 0.05) is 24.3 Å². The molecule has 0 atom stereocenters. The Morgan fingerprint density at radius 1 is 0.792 bits per heavy atom. The number of hydrogen-bond donors (Lipinski definition) is 2. The van der Waals surface area contributed by atoms with E-state index < -0.39 is 23.8 Å². The molecule has 0 unspecified atom stereocenters. The number of rotatable bonds is 2. The van der Waals surface area contributed by atoms with Crippen LogP contribution in [0, 0.1) is 0 Å². The molecule has 6 N–H and O–H groups in total. The summed E-state index contributed by atoms with van der Waals surface area (Å²) >= 11 is 0. The van der Waals surface area contributed by atoms with Crippen molar-refractivity contribution in [3.8, 4) is 0 Å². The lowest BCUT2D eigenvalue weighted by Crippen LogP contribution is -2.42. The highest BCUT2D eigenvalue weighted by molar-refractivity contribution is 6.25. The molecule has 2 aromatic heterocycles. The Balaban J connectivity index is 0.000000447. The zero-order chi connectivity index (χ0) is 23.4. The topological polar surface area (TPSA) is 195 Å². The molecule has 126 valence electrons. The van der Waals surface area contributed by atoms with Crippen molar-refractivity contribution in [3.05, 3.63) is 60.2 Å². The zero-order valence-electron chi connectivity index (χ0n) is 17.9. The van der Waals surface area contributed by atoms with E-state index in [-0.39, 0.29) is 22.6 Å². The van der Waals surface area contributed by atoms with Crippen molar-refractivity contribution in [2.24, 2.45) is 11.4 Å². The summed E-state index contributed by atoms with van der Waals surface area (Å²) in [5.41, 5.74) is 0.458. The molecule has 2 heterocycles. The third kappa shape index (κ3) is 9.18. The number of nitrogens with two attached hydrogens (primary N) is 2. The third-order valence-electron chi connectivity index (χ3n) is 2.02. The largest absolute Gasteiger partial charge is 0.543 e. The van der Waals surface area contributed by atoms with Gasteiger partial charge in [-0.2, -0.15) is 0 Å². The van der Waals surface area contributed by atoms with Gasteiger partial charge in [-0.05, 0) is 0 Å². The molecule has 24 heavy (non-hydrogen) atoms. The van der Waals surface area contributed by atoms with E-state index in [9.17, 15) is 9.59 Å². The van der Waals surface area contributed by atoms with E-state index in [4.69, 9.17) is 28.3 Å². The Morgan fingerprint density at radius 2 is 1.08 bits per heavy atom. The van der Waals surface area contributed by atoms with Crippen LogP contribution in [-0.4, -0.2) is 23.8 Å². The molecule has 2 aromatic rings. The number of primary amides is 2. The SMILES string of the molecule is O=C([O-])C(=O)[O-].[2H]N([2H])C(=O)c1cc[n+]([2H])cc1.[2H]N([2H])C(=O)c1cc[n+]([2H])cc1. The predicted molar refractivity (Wildman–Crippen MR) is 73.0 cm³/mol. The second-order valence-corrected chi connectivity index (χ2v) is 3.66.